The fourth-order valence-corrected chi connectivity index (χ4v) is 3.73. The number of rotatable bonds is 11. The molecule has 0 N–H and O–H groups in total. The predicted molar refractivity (Wildman–Crippen MR) is 110 cm³/mol. The lowest BCUT2D eigenvalue weighted by Crippen LogP contribution is -2.43. The molecule has 0 aliphatic heterocycles. The van der Waals surface area contributed by atoms with Gasteiger partial charge in [-0.05, 0) is 35.8 Å². The van der Waals surface area contributed by atoms with Crippen LogP contribution in [0.4, 0.5) is 0 Å². The minimum Gasteiger partial charge on any atom is -0.497 e. The smallest absolute Gasteiger partial charge is 0.264 e. The molecule has 0 aliphatic rings. The summed E-state index contributed by atoms with van der Waals surface area (Å²) < 4.78 is 45.2. The maximum absolute atomic E-state index is 11.6. The molecule has 0 fully saturated rings. The summed E-state index contributed by atoms with van der Waals surface area (Å²) in [5.41, 5.74) is 1.02. The van der Waals surface area contributed by atoms with Gasteiger partial charge in [-0.15, -0.1) is 0 Å². The van der Waals surface area contributed by atoms with E-state index in [1.807, 2.05) is 24.3 Å². The molecule has 0 unspecified atom stereocenters. The number of hydrogen-bond acceptors (Lipinski definition) is 6. The number of ether oxygens (including phenoxy) is 2. The van der Waals surface area contributed by atoms with Crippen molar-refractivity contribution in [2.24, 2.45) is 0 Å². The van der Waals surface area contributed by atoms with Crippen LogP contribution in [-0.2, 0) is 30.1 Å². The molecule has 156 valence electrons. The summed E-state index contributed by atoms with van der Waals surface area (Å²) in [5.74, 6) is 0.795. The number of methoxy groups -OCH3 is 1. The van der Waals surface area contributed by atoms with E-state index in [-0.39, 0.29) is 11.6 Å². The van der Waals surface area contributed by atoms with E-state index in [4.69, 9.17) is 18.1 Å². The van der Waals surface area contributed by atoms with E-state index in [0.29, 0.717) is 19.6 Å². The molecule has 0 amide bonds. The van der Waals surface area contributed by atoms with Crippen molar-refractivity contribution in [3.63, 3.8) is 0 Å². The Morgan fingerprint density at radius 1 is 1.11 bits per heavy atom. The average Bonchev–Trinajstić information content (AvgIpc) is 2.54. The van der Waals surface area contributed by atoms with Crippen molar-refractivity contribution < 1.29 is 26.5 Å². The average molecular weight is 419 g/mol. The molecule has 1 aromatic rings. The molecule has 27 heavy (non-hydrogen) atoms. The molecule has 0 radical (unpaired) electrons. The highest BCUT2D eigenvalue weighted by molar-refractivity contribution is 7.86. The Kier molecular flexibility index (Phi) is 8.95. The largest absolute Gasteiger partial charge is 0.497 e. The van der Waals surface area contributed by atoms with Crippen molar-refractivity contribution in [3.05, 3.63) is 29.8 Å². The molecule has 0 saturated heterocycles. The van der Waals surface area contributed by atoms with E-state index < -0.39 is 24.5 Å². The topological polar surface area (TPSA) is 71.1 Å². The third-order valence-electron chi connectivity index (χ3n) is 4.76. The lowest BCUT2D eigenvalue weighted by Gasteiger charge is -2.37. The molecule has 0 aromatic heterocycles. The first-order chi connectivity index (χ1) is 12.3. The van der Waals surface area contributed by atoms with E-state index in [1.54, 1.807) is 7.11 Å². The van der Waals surface area contributed by atoms with Gasteiger partial charge in [-0.2, -0.15) is 8.42 Å². The third-order valence-corrected chi connectivity index (χ3v) is 9.88. The number of hydrogen-bond donors (Lipinski definition) is 0. The summed E-state index contributed by atoms with van der Waals surface area (Å²) in [6, 6.07) is 7.62. The van der Waals surface area contributed by atoms with E-state index >= 15 is 0 Å². The SMILES string of the molecule is COc1ccc(COCC[C@@H](CO[Si](C)(C)C(C)(C)C)OS(C)(=O)=O)cc1. The normalized spacial score (nSPS) is 14.2. The minimum atomic E-state index is -3.56. The minimum absolute atomic E-state index is 0.0491. The van der Waals surface area contributed by atoms with Crippen LogP contribution < -0.4 is 4.74 Å². The fourth-order valence-electron chi connectivity index (χ4n) is 2.05. The molecular weight excluding hydrogens is 384 g/mol. The van der Waals surface area contributed by atoms with Crippen LogP contribution in [0.25, 0.3) is 0 Å². The van der Waals surface area contributed by atoms with Crippen molar-refractivity contribution in [2.45, 2.75) is 58.0 Å². The Hall–Kier alpha value is -0.933. The highest BCUT2D eigenvalue weighted by Crippen LogP contribution is 2.36. The number of benzene rings is 1. The van der Waals surface area contributed by atoms with Crippen LogP contribution in [0.15, 0.2) is 24.3 Å². The zero-order valence-corrected chi connectivity index (χ0v) is 19.4. The van der Waals surface area contributed by atoms with Crippen LogP contribution in [0, 0.1) is 0 Å². The maximum atomic E-state index is 11.6. The van der Waals surface area contributed by atoms with Gasteiger partial charge in [0.2, 0.25) is 0 Å². The molecule has 8 heteroatoms. The maximum Gasteiger partial charge on any atom is 0.264 e. The third kappa shape index (κ3) is 9.20. The Labute approximate surface area is 165 Å². The van der Waals surface area contributed by atoms with E-state index in [9.17, 15) is 8.42 Å². The molecule has 0 heterocycles. The molecular formula is C19H34O6SSi. The van der Waals surface area contributed by atoms with Gasteiger partial charge in [-0.3, -0.25) is 4.18 Å². The quantitative estimate of drug-likeness (QED) is 0.308. The zero-order chi connectivity index (χ0) is 20.7. The van der Waals surface area contributed by atoms with Gasteiger partial charge in [0, 0.05) is 13.0 Å². The summed E-state index contributed by atoms with van der Waals surface area (Å²) >= 11 is 0. The molecule has 0 bridgehead atoms. The van der Waals surface area contributed by atoms with Gasteiger partial charge in [0.05, 0.1) is 26.6 Å². The van der Waals surface area contributed by atoms with E-state index in [1.165, 1.54) is 0 Å². The molecule has 1 rings (SSSR count). The Morgan fingerprint density at radius 2 is 1.70 bits per heavy atom. The molecule has 1 aromatic carbocycles. The van der Waals surface area contributed by atoms with Crippen molar-refractivity contribution in [1.29, 1.82) is 0 Å². The molecule has 6 nitrogen and oxygen atoms in total. The van der Waals surface area contributed by atoms with E-state index in [0.717, 1.165) is 17.6 Å². The summed E-state index contributed by atoms with van der Waals surface area (Å²) in [6.45, 7) is 11.8. The van der Waals surface area contributed by atoms with Crippen LogP contribution >= 0.6 is 0 Å². The Morgan fingerprint density at radius 3 is 2.19 bits per heavy atom. The van der Waals surface area contributed by atoms with Crippen LogP contribution in [-0.4, -0.2) is 49.4 Å². The monoisotopic (exact) mass is 418 g/mol. The van der Waals surface area contributed by atoms with Gasteiger partial charge in [-0.25, -0.2) is 0 Å². The molecule has 0 aliphatic carbocycles. The van der Waals surface area contributed by atoms with E-state index in [2.05, 4.69) is 33.9 Å². The Bertz CT molecular complexity index is 664. The highest BCUT2D eigenvalue weighted by Gasteiger charge is 2.37. The first-order valence-electron chi connectivity index (χ1n) is 9.07. The van der Waals surface area contributed by atoms with Crippen molar-refractivity contribution in [1.82, 2.24) is 0 Å². The first kappa shape index (κ1) is 24.1. The second-order valence-corrected chi connectivity index (χ2v) is 14.6. The zero-order valence-electron chi connectivity index (χ0n) is 17.6. The molecule has 0 saturated carbocycles. The van der Waals surface area contributed by atoms with Gasteiger partial charge in [0.1, 0.15) is 11.9 Å². The van der Waals surface area contributed by atoms with Crippen LogP contribution in [0.3, 0.4) is 0 Å². The fraction of sp³-hybridized carbons (Fsp3) is 0.684. The lowest BCUT2D eigenvalue weighted by atomic mass is 10.2. The van der Waals surface area contributed by atoms with Crippen LogP contribution in [0.1, 0.15) is 32.8 Å². The Balaban J connectivity index is 2.54. The van der Waals surface area contributed by atoms with Gasteiger partial charge in [-0.1, -0.05) is 32.9 Å². The van der Waals surface area contributed by atoms with Crippen LogP contribution in [0.5, 0.6) is 5.75 Å². The summed E-state index contributed by atoms with van der Waals surface area (Å²) in [4.78, 5) is 0. The summed E-state index contributed by atoms with van der Waals surface area (Å²) in [6.07, 6.45) is 0.951. The second kappa shape index (κ2) is 10.0. The van der Waals surface area contributed by atoms with Gasteiger partial charge < -0.3 is 13.9 Å². The highest BCUT2D eigenvalue weighted by atomic mass is 32.2. The first-order valence-corrected chi connectivity index (χ1v) is 13.8. The standard InChI is InChI=1S/C19H34O6SSi/c1-19(2,3)27(6,7)24-15-18(25-26(5,20)21)12-13-23-14-16-8-10-17(22-4)11-9-16/h8-11,18H,12-15H2,1-7H3/t18-/m0/s1. The van der Waals surface area contributed by atoms with Crippen molar-refractivity contribution >= 4 is 18.4 Å². The summed E-state index contributed by atoms with van der Waals surface area (Å²) in [7, 11) is -3.91. The van der Waals surface area contributed by atoms with Gasteiger partial charge in [0.15, 0.2) is 8.32 Å². The molecule has 0 spiro atoms. The predicted octanol–water partition coefficient (Wildman–Crippen LogP) is 3.97. The van der Waals surface area contributed by atoms with Crippen molar-refractivity contribution in [3.8, 4) is 5.75 Å². The van der Waals surface area contributed by atoms with Gasteiger partial charge in [0.25, 0.3) is 10.1 Å². The van der Waals surface area contributed by atoms with Gasteiger partial charge >= 0.3 is 0 Å². The molecule has 1 atom stereocenters. The summed E-state index contributed by atoms with van der Waals surface area (Å²) in [5, 5.41) is 0.0491. The lowest BCUT2D eigenvalue weighted by molar-refractivity contribution is 0.0621. The van der Waals surface area contributed by atoms with Crippen molar-refractivity contribution in [2.75, 3.05) is 26.6 Å². The van der Waals surface area contributed by atoms with Crippen LogP contribution in [0.2, 0.25) is 18.1 Å². The second-order valence-electron chi connectivity index (χ2n) is 8.18.